The Morgan fingerprint density at radius 2 is 2.00 bits per heavy atom. The number of benzene rings is 1. The van der Waals surface area contributed by atoms with Crippen LogP contribution in [0.25, 0.3) is 10.9 Å². The summed E-state index contributed by atoms with van der Waals surface area (Å²) in [6.07, 6.45) is 1.80. The van der Waals surface area contributed by atoms with Crippen LogP contribution >= 0.6 is 0 Å². The Balaban J connectivity index is 2.94. The fourth-order valence-corrected chi connectivity index (χ4v) is 2.46. The molecule has 1 aromatic carbocycles. The van der Waals surface area contributed by atoms with Crippen molar-refractivity contribution in [3.05, 3.63) is 40.6 Å². The van der Waals surface area contributed by atoms with E-state index in [4.69, 9.17) is 0 Å². The molecule has 0 saturated heterocycles. The average Bonchev–Trinajstić information content (AvgIpc) is 2.36. The summed E-state index contributed by atoms with van der Waals surface area (Å²) in [7, 11) is 0. The highest BCUT2D eigenvalue weighted by atomic mass is 19.1. The van der Waals surface area contributed by atoms with E-state index < -0.39 is 17.6 Å². The van der Waals surface area contributed by atoms with Gasteiger partial charge in [0, 0.05) is 17.8 Å². The Morgan fingerprint density at radius 1 is 1.30 bits per heavy atom. The molecule has 0 aliphatic rings. The summed E-state index contributed by atoms with van der Waals surface area (Å²) in [5.74, 6) is -2.86. The Morgan fingerprint density at radius 3 is 2.55 bits per heavy atom. The lowest BCUT2D eigenvalue weighted by atomic mass is 9.96. The molecule has 2 aromatic rings. The second-order valence-electron chi connectivity index (χ2n) is 4.60. The predicted molar refractivity (Wildman–Crippen MR) is 72.0 cm³/mol. The first kappa shape index (κ1) is 14.4. The number of pyridine rings is 1. The minimum atomic E-state index is -1.21. The summed E-state index contributed by atoms with van der Waals surface area (Å²) < 4.78 is 27.3. The van der Waals surface area contributed by atoms with Gasteiger partial charge in [-0.25, -0.2) is 13.6 Å². The van der Waals surface area contributed by atoms with E-state index in [0.29, 0.717) is 30.2 Å². The smallest absolute Gasteiger partial charge is 0.336 e. The van der Waals surface area contributed by atoms with Crippen molar-refractivity contribution in [2.75, 3.05) is 0 Å². The number of halogens is 2. The van der Waals surface area contributed by atoms with Gasteiger partial charge in [-0.2, -0.15) is 0 Å². The van der Waals surface area contributed by atoms with E-state index in [1.54, 1.807) is 6.92 Å². The van der Waals surface area contributed by atoms with Crippen LogP contribution in [0.15, 0.2) is 12.1 Å². The molecule has 3 nitrogen and oxygen atoms in total. The van der Waals surface area contributed by atoms with Gasteiger partial charge < -0.3 is 5.11 Å². The van der Waals surface area contributed by atoms with Gasteiger partial charge in [-0.15, -0.1) is 0 Å². The maximum atomic E-state index is 14.0. The number of carboxylic acids is 1. The van der Waals surface area contributed by atoms with Crippen molar-refractivity contribution < 1.29 is 18.7 Å². The van der Waals surface area contributed by atoms with E-state index in [0.717, 1.165) is 12.5 Å². The van der Waals surface area contributed by atoms with Crippen LogP contribution < -0.4 is 0 Å². The first-order valence-corrected chi connectivity index (χ1v) is 6.53. The number of hydrogen-bond acceptors (Lipinski definition) is 2. The molecule has 0 fully saturated rings. The third-order valence-electron chi connectivity index (χ3n) is 3.24. The molecule has 0 saturated carbocycles. The van der Waals surface area contributed by atoms with E-state index in [1.165, 1.54) is 0 Å². The Hall–Kier alpha value is -2.04. The summed E-state index contributed by atoms with van der Waals surface area (Å²) >= 11 is 0. The third-order valence-corrected chi connectivity index (χ3v) is 3.24. The number of carboxylic acid groups (broad SMARTS) is 1. The molecule has 1 N–H and O–H groups in total. The molecule has 5 heteroatoms. The second kappa shape index (κ2) is 5.53. The standard InChI is InChI=1S/C15H15F2NO2/c1-3-5-11-9(4-2)13(15(19)20)14-10(17)6-8(16)7-12(14)18-11/h6-7H,3-5H2,1-2H3,(H,19,20). The molecule has 20 heavy (non-hydrogen) atoms. The monoisotopic (exact) mass is 279 g/mol. The predicted octanol–water partition coefficient (Wildman–Crippen LogP) is 3.73. The van der Waals surface area contributed by atoms with Gasteiger partial charge in [-0.1, -0.05) is 20.3 Å². The topological polar surface area (TPSA) is 50.2 Å². The molecule has 2 rings (SSSR count). The van der Waals surface area contributed by atoms with Crippen molar-refractivity contribution in [2.24, 2.45) is 0 Å². The van der Waals surface area contributed by atoms with E-state index >= 15 is 0 Å². The molecular formula is C15H15F2NO2. The van der Waals surface area contributed by atoms with Gasteiger partial charge in [0.15, 0.2) is 0 Å². The van der Waals surface area contributed by atoms with Gasteiger partial charge in [-0.05, 0) is 18.4 Å². The minimum absolute atomic E-state index is 0.0561. The van der Waals surface area contributed by atoms with Crippen LogP contribution in [-0.4, -0.2) is 16.1 Å². The summed E-state index contributed by atoms with van der Waals surface area (Å²) in [6, 6.07) is 1.76. The third kappa shape index (κ3) is 2.35. The molecular weight excluding hydrogens is 264 g/mol. The zero-order valence-corrected chi connectivity index (χ0v) is 11.3. The van der Waals surface area contributed by atoms with Gasteiger partial charge in [0.1, 0.15) is 11.6 Å². The van der Waals surface area contributed by atoms with Crippen LogP contribution in [-0.2, 0) is 12.8 Å². The molecule has 0 unspecified atom stereocenters. The number of aromatic carboxylic acids is 1. The second-order valence-corrected chi connectivity index (χ2v) is 4.60. The van der Waals surface area contributed by atoms with E-state index in [-0.39, 0.29) is 16.5 Å². The molecule has 106 valence electrons. The summed E-state index contributed by atoms with van der Waals surface area (Å²) in [5, 5.41) is 9.28. The first-order chi connectivity index (χ1) is 9.49. The largest absolute Gasteiger partial charge is 0.478 e. The van der Waals surface area contributed by atoms with E-state index in [1.807, 2.05) is 6.92 Å². The van der Waals surface area contributed by atoms with Gasteiger partial charge in [0.05, 0.1) is 16.5 Å². The van der Waals surface area contributed by atoms with Crippen LogP contribution in [0.1, 0.15) is 41.9 Å². The molecule has 0 aliphatic carbocycles. The molecule has 0 bridgehead atoms. The highest BCUT2D eigenvalue weighted by molar-refractivity contribution is 6.04. The van der Waals surface area contributed by atoms with Gasteiger partial charge in [-0.3, -0.25) is 4.98 Å². The van der Waals surface area contributed by atoms with Gasteiger partial charge >= 0.3 is 5.97 Å². The summed E-state index contributed by atoms with van der Waals surface area (Å²) in [6.45, 7) is 3.74. The van der Waals surface area contributed by atoms with Crippen molar-refractivity contribution in [3.8, 4) is 0 Å². The fraction of sp³-hybridized carbons (Fsp3) is 0.333. The van der Waals surface area contributed by atoms with Crippen LogP contribution in [0.4, 0.5) is 8.78 Å². The highest BCUT2D eigenvalue weighted by Gasteiger charge is 2.21. The van der Waals surface area contributed by atoms with Crippen LogP contribution in [0.3, 0.4) is 0 Å². The zero-order valence-electron chi connectivity index (χ0n) is 11.3. The summed E-state index contributed by atoms with van der Waals surface area (Å²) in [4.78, 5) is 15.8. The Kier molecular flexibility index (Phi) is 3.97. The number of nitrogens with zero attached hydrogens (tertiary/aromatic N) is 1. The van der Waals surface area contributed by atoms with E-state index in [9.17, 15) is 18.7 Å². The van der Waals surface area contributed by atoms with Crippen LogP contribution in [0.2, 0.25) is 0 Å². The number of fused-ring (bicyclic) bond motifs is 1. The maximum Gasteiger partial charge on any atom is 0.336 e. The minimum Gasteiger partial charge on any atom is -0.478 e. The van der Waals surface area contributed by atoms with Crippen molar-refractivity contribution in [1.29, 1.82) is 0 Å². The quantitative estimate of drug-likeness (QED) is 0.927. The van der Waals surface area contributed by atoms with Crippen molar-refractivity contribution in [3.63, 3.8) is 0 Å². The Labute approximate surface area is 115 Å². The number of rotatable bonds is 4. The molecule has 1 aromatic heterocycles. The number of aryl methyl sites for hydroxylation is 1. The SMILES string of the molecule is CCCc1nc2cc(F)cc(F)c2c(C(=O)O)c1CC. The Bertz CT molecular complexity index is 683. The van der Waals surface area contributed by atoms with E-state index in [2.05, 4.69) is 4.98 Å². The van der Waals surface area contributed by atoms with Crippen LogP contribution in [0.5, 0.6) is 0 Å². The first-order valence-electron chi connectivity index (χ1n) is 6.53. The average molecular weight is 279 g/mol. The van der Waals surface area contributed by atoms with Gasteiger partial charge in [0.2, 0.25) is 0 Å². The molecule has 0 radical (unpaired) electrons. The maximum absolute atomic E-state index is 14.0. The number of carbonyl (C=O) groups is 1. The molecule has 1 heterocycles. The molecule has 0 atom stereocenters. The van der Waals surface area contributed by atoms with Gasteiger partial charge in [0.25, 0.3) is 0 Å². The van der Waals surface area contributed by atoms with Crippen molar-refractivity contribution in [1.82, 2.24) is 4.98 Å². The zero-order chi connectivity index (χ0) is 14.9. The lowest BCUT2D eigenvalue weighted by Crippen LogP contribution is -2.10. The lowest BCUT2D eigenvalue weighted by Gasteiger charge is -2.13. The molecule has 0 spiro atoms. The summed E-state index contributed by atoms with van der Waals surface area (Å²) in [5.41, 5.74) is 1.08. The van der Waals surface area contributed by atoms with Crippen LogP contribution in [0, 0.1) is 11.6 Å². The fourth-order valence-electron chi connectivity index (χ4n) is 2.46. The number of hydrogen-bond donors (Lipinski definition) is 1. The molecule has 0 amide bonds. The highest BCUT2D eigenvalue weighted by Crippen LogP contribution is 2.28. The van der Waals surface area contributed by atoms with Crippen molar-refractivity contribution >= 4 is 16.9 Å². The molecule has 0 aliphatic heterocycles. The van der Waals surface area contributed by atoms with Crippen molar-refractivity contribution in [2.45, 2.75) is 33.1 Å². The number of aromatic nitrogens is 1. The normalized spacial score (nSPS) is 11.0. The lowest BCUT2D eigenvalue weighted by molar-refractivity contribution is 0.0697.